The highest BCUT2D eigenvalue weighted by molar-refractivity contribution is 7.21. The van der Waals surface area contributed by atoms with Crippen molar-refractivity contribution in [3.05, 3.63) is 52.6 Å². The summed E-state index contributed by atoms with van der Waals surface area (Å²) in [7, 11) is 0. The Balaban J connectivity index is 1.57. The lowest BCUT2D eigenvalue weighted by Gasteiger charge is -2.03. The summed E-state index contributed by atoms with van der Waals surface area (Å²) in [4.78, 5) is 27.2. The number of anilines is 2. The first-order valence-electron chi connectivity index (χ1n) is 8.86. The molecule has 0 saturated heterocycles. The van der Waals surface area contributed by atoms with E-state index in [1.54, 1.807) is 12.4 Å². The predicted molar refractivity (Wildman–Crippen MR) is 116 cm³/mol. The van der Waals surface area contributed by atoms with E-state index in [9.17, 15) is 4.79 Å². The van der Waals surface area contributed by atoms with Crippen molar-refractivity contribution in [1.29, 1.82) is 0 Å². The normalized spacial score (nSPS) is 11.2. The molecule has 0 aliphatic heterocycles. The smallest absolute Gasteiger partial charge is 0.269 e. The molecule has 4 aromatic rings. The van der Waals surface area contributed by atoms with Crippen molar-refractivity contribution < 1.29 is 4.79 Å². The number of pyridine rings is 2. The number of thiazole rings is 1. The molecule has 0 aliphatic rings. The maximum atomic E-state index is 12.8. The van der Waals surface area contributed by atoms with Crippen LogP contribution in [0.2, 0.25) is 0 Å². The Bertz CT molecular complexity index is 1130. The number of nitrogens with zero attached hydrogens (tertiary/aromatic N) is 3. The Morgan fingerprint density at radius 1 is 1.18 bits per heavy atom. The number of fused-ring (bicyclic) bond motifs is 1. The van der Waals surface area contributed by atoms with E-state index in [2.05, 4.69) is 34.1 Å². The molecule has 8 heteroatoms. The van der Waals surface area contributed by atoms with Crippen molar-refractivity contribution >= 4 is 49.6 Å². The number of carbonyl (C=O) groups is 1. The fourth-order valence-corrected chi connectivity index (χ4v) is 4.60. The third-order valence-corrected chi connectivity index (χ3v) is 6.05. The predicted octanol–water partition coefficient (Wildman–Crippen LogP) is 4.85. The van der Waals surface area contributed by atoms with Gasteiger partial charge in [-0.3, -0.25) is 15.1 Å². The Morgan fingerprint density at radius 2 is 1.96 bits per heavy atom. The molecule has 142 valence electrons. The zero-order valence-electron chi connectivity index (χ0n) is 15.5. The van der Waals surface area contributed by atoms with Crippen LogP contribution in [0.4, 0.5) is 10.8 Å². The van der Waals surface area contributed by atoms with Crippen LogP contribution in [0.25, 0.3) is 21.5 Å². The van der Waals surface area contributed by atoms with Crippen LogP contribution in [0.1, 0.15) is 29.2 Å². The van der Waals surface area contributed by atoms with Crippen LogP contribution in [0, 0.1) is 5.92 Å². The van der Waals surface area contributed by atoms with Crippen LogP contribution in [0.15, 0.2) is 42.0 Å². The summed E-state index contributed by atoms with van der Waals surface area (Å²) in [5, 5.41) is 6.10. The third kappa shape index (κ3) is 3.74. The van der Waals surface area contributed by atoms with E-state index in [0.29, 0.717) is 21.6 Å². The van der Waals surface area contributed by atoms with Gasteiger partial charge in [-0.15, -0.1) is 22.7 Å². The van der Waals surface area contributed by atoms with Crippen LogP contribution < -0.4 is 11.1 Å². The van der Waals surface area contributed by atoms with Crippen molar-refractivity contribution in [3.63, 3.8) is 0 Å². The summed E-state index contributed by atoms with van der Waals surface area (Å²) < 4.78 is 0. The van der Waals surface area contributed by atoms with Gasteiger partial charge in [0.15, 0.2) is 5.13 Å². The number of thiophene rings is 1. The highest BCUT2D eigenvalue weighted by Crippen LogP contribution is 2.34. The van der Waals surface area contributed by atoms with Gasteiger partial charge in [-0.2, -0.15) is 0 Å². The van der Waals surface area contributed by atoms with Crippen molar-refractivity contribution in [2.24, 2.45) is 5.92 Å². The zero-order valence-corrected chi connectivity index (χ0v) is 17.1. The van der Waals surface area contributed by atoms with Gasteiger partial charge < -0.3 is 5.73 Å². The minimum atomic E-state index is -0.262. The zero-order chi connectivity index (χ0) is 19.7. The third-order valence-electron chi connectivity index (χ3n) is 4.18. The molecule has 3 N–H and O–H groups in total. The second-order valence-corrected chi connectivity index (χ2v) is 8.68. The quantitative estimate of drug-likeness (QED) is 0.491. The van der Waals surface area contributed by atoms with Crippen LogP contribution in [0.3, 0.4) is 0 Å². The maximum Gasteiger partial charge on any atom is 0.269 e. The fourth-order valence-electron chi connectivity index (χ4n) is 2.88. The number of carbonyl (C=O) groups excluding carboxylic acids is 1. The van der Waals surface area contributed by atoms with E-state index in [1.807, 2.05) is 29.6 Å². The Kier molecular flexibility index (Phi) is 5.06. The number of hydrogen-bond acceptors (Lipinski definition) is 7. The monoisotopic (exact) mass is 409 g/mol. The standard InChI is InChI=1S/C20H19N5OS2/c1-11(2)9-13-3-4-14-16(21)17(28-19(14)23-13)18(26)25-20-24-15(10-27-20)12-5-7-22-8-6-12/h3-8,10-11H,9,21H2,1-2H3,(H,24,25,26). The number of nitrogens with one attached hydrogen (secondary N) is 1. The molecular formula is C20H19N5OS2. The first-order valence-corrected chi connectivity index (χ1v) is 10.6. The molecule has 0 atom stereocenters. The molecule has 1 amide bonds. The Morgan fingerprint density at radius 3 is 2.71 bits per heavy atom. The van der Waals surface area contributed by atoms with Crippen LogP contribution in [-0.2, 0) is 6.42 Å². The highest BCUT2D eigenvalue weighted by Gasteiger charge is 2.19. The molecule has 0 bridgehead atoms. The molecule has 0 spiro atoms. The van der Waals surface area contributed by atoms with Gasteiger partial charge in [0, 0.05) is 34.4 Å². The molecular weight excluding hydrogens is 390 g/mol. The van der Waals surface area contributed by atoms with Gasteiger partial charge in [-0.05, 0) is 36.6 Å². The highest BCUT2D eigenvalue weighted by atomic mass is 32.1. The van der Waals surface area contributed by atoms with E-state index in [4.69, 9.17) is 5.73 Å². The number of aromatic nitrogens is 3. The number of hydrogen-bond donors (Lipinski definition) is 2. The van der Waals surface area contributed by atoms with Gasteiger partial charge in [-0.1, -0.05) is 13.8 Å². The molecule has 0 aliphatic carbocycles. The SMILES string of the molecule is CC(C)Cc1ccc2c(N)c(C(=O)Nc3nc(-c4ccncc4)cs3)sc2n1. The lowest BCUT2D eigenvalue weighted by atomic mass is 10.1. The second-order valence-electron chi connectivity index (χ2n) is 6.83. The van der Waals surface area contributed by atoms with Crippen molar-refractivity contribution in [2.45, 2.75) is 20.3 Å². The van der Waals surface area contributed by atoms with Gasteiger partial charge in [0.05, 0.1) is 11.4 Å². The molecule has 4 aromatic heterocycles. The number of nitrogens with two attached hydrogens (primary N) is 1. The van der Waals surface area contributed by atoms with E-state index in [1.165, 1.54) is 22.7 Å². The summed E-state index contributed by atoms with van der Waals surface area (Å²) in [6.07, 6.45) is 4.32. The van der Waals surface area contributed by atoms with E-state index in [0.717, 1.165) is 33.6 Å². The number of rotatable bonds is 5. The van der Waals surface area contributed by atoms with Gasteiger partial charge in [0.25, 0.3) is 5.91 Å². The molecule has 4 rings (SSSR count). The summed E-state index contributed by atoms with van der Waals surface area (Å²) >= 11 is 2.69. The van der Waals surface area contributed by atoms with E-state index < -0.39 is 0 Å². The largest absolute Gasteiger partial charge is 0.397 e. The lowest BCUT2D eigenvalue weighted by molar-refractivity contribution is 0.103. The van der Waals surface area contributed by atoms with Crippen molar-refractivity contribution in [3.8, 4) is 11.3 Å². The fraction of sp³-hybridized carbons (Fsp3) is 0.200. The average molecular weight is 410 g/mol. The molecule has 0 radical (unpaired) electrons. The van der Waals surface area contributed by atoms with Crippen LogP contribution in [0.5, 0.6) is 0 Å². The van der Waals surface area contributed by atoms with E-state index >= 15 is 0 Å². The molecule has 0 unspecified atom stereocenters. The number of amides is 1. The second kappa shape index (κ2) is 7.65. The Hall–Kier alpha value is -2.84. The molecule has 28 heavy (non-hydrogen) atoms. The molecule has 6 nitrogen and oxygen atoms in total. The summed E-state index contributed by atoms with van der Waals surface area (Å²) in [5.74, 6) is 0.256. The van der Waals surface area contributed by atoms with Gasteiger partial charge >= 0.3 is 0 Å². The molecule has 4 heterocycles. The maximum absolute atomic E-state index is 12.8. The van der Waals surface area contributed by atoms with Gasteiger partial charge in [0.1, 0.15) is 9.71 Å². The van der Waals surface area contributed by atoms with Crippen LogP contribution in [-0.4, -0.2) is 20.9 Å². The topological polar surface area (TPSA) is 93.8 Å². The average Bonchev–Trinajstić information content (AvgIpc) is 3.26. The van der Waals surface area contributed by atoms with E-state index in [-0.39, 0.29) is 5.91 Å². The first-order chi connectivity index (χ1) is 13.5. The molecule has 0 fully saturated rings. The summed E-state index contributed by atoms with van der Waals surface area (Å²) in [6, 6.07) is 7.69. The number of nitrogen functional groups attached to an aromatic ring is 1. The minimum absolute atomic E-state index is 0.262. The minimum Gasteiger partial charge on any atom is -0.397 e. The van der Waals surface area contributed by atoms with Crippen LogP contribution >= 0.6 is 22.7 Å². The van der Waals surface area contributed by atoms with Gasteiger partial charge in [0.2, 0.25) is 0 Å². The molecule has 0 saturated carbocycles. The summed E-state index contributed by atoms with van der Waals surface area (Å²) in [5.41, 5.74) is 9.46. The summed E-state index contributed by atoms with van der Waals surface area (Å²) in [6.45, 7) is 4.31. The molecule has 0 aromatic carbocycles. The Labute approximate surface area is 170 Å². The lowest BCUT2D eigenvalue weighted by Crippen LogP contribution is -2.11. The first kappa shape index (κ1) is 18.5. The van der Waals surface area contributed by atoms with Gasteiger partial charge in [-0.25, -0.2) is 9.97 Å². The van der Waals surface area contributed by atoms with Crippen molar-refractivity contribution in [2.75, 3.05) is 11.1 Å². The van der Waals surface area contributed by atoms with Crippen molar-refractivity contribution in [1.82, 2.24) is 15.0 Å².